The highest BCUT2D eigenvalue weighted by Gasteiger charge is 2.26. The maximum Gasteiger partial charge on any atom is 0.315 e. The molecule has 0 radical (unpaired) electrons. The Morgan fingerprint density at radius 1 is 1.32 bits per heavy atom. The van der Waals surface area contributed by atoms with Gasteiger partial charge in [-0.2, -0.15) is 0 Å². The van der Waals surface area contributed by atoms with Crippen molar-refractivity contribution in [2.45, 2.75) is 25.4 Å². The Kier molecular flexibility index (Phi) is 5.07. The standard InChI is InChI=1S/C19H24N4O2/c1-23(2)18-13(6-5-11-20-18)12-21-19(24)22-16-10-9-15-14(16)7-4-8-17(15)25-3/h4-8,11,16H,9-10,12H2,1-3H3,(H2,21,22,24). The van der Waals surface area contributed by atoms with Gasteiger partial charge in [-0.05, 0) is 36.1 Å². The van der Waals surface area contributed by atoms with Gasteiger partial charge < -0.3 is 20.3 Å². The van der Waals surface area contributed by atoms with Crippen molar-refractivity contribution < 1.29 is 9.53 Å². The van der Waals surface area contributed by atoms with Crippen LogP contribution in [0, 0.1) is 0 Å². The first kappa shape index (κ1) is 17.1. The number of hydrogen-bond donors (Lipinski definition) is 2. The van der Waals surface area contributed by atoms with Crippen LogP contribution < -0.4 is 20.3 Å². The molecule has 0 spiro atoms. The Morgan fingerprint density at radius 2 is 2.16 bits per heavy atom. The molecule has 6 nitrogen and oxygen atoms in total. The van der Waals surface area contributed by atoms with Crippen molar-refractivity contribution in [3.8, 4) is 5.75 Å². The summed E-state index contributed by atoms with van der Waals surface area (Å²) in [6.07, 6.45) is 3.55. The van der Waals surface area contributed by atoms with E-state index in [-0.39, 0.29) is 12.1 Å². The maximum absolute atomic E-state index is 12.3. The molecule has 0 saturated carbocycles. The number of nitrogens with zero attached hydrogens (tertiary/aromatic N) is 2. The van der Waals surface area contributed by atoms with Crippen LogP contribution in [0.1, 0.15) is 29.2 Å². The van der Waals surface area contributed by atoms with E-state index in [1.165, 1.54) is 5.56 Å². The summed E-state index contributed by atoms with van der Waals surface area (Å²) in [5.41, 5.74) is 3.32. The third-order valence-electron chi connectivity index (χ3n) is 4.48. The number of benzene rings is 1. The van der Waals surface area contributed by atoms with Crippen molar-refractivity contribution in [1.82, 2.24) is 15.6 Å². The molecule has 2 amide bonds. The lowest BCUT2D eigenvalue weighted by atomic mass is 10.1. The average molecular weight is 340 g/mol. The first-order chi connectivity index (χ1) is 12.1. The van der Waals surface area contributed by atoms with E-state index in [4.69, 9.17) is 4.74 Å². The maximum atomic E-state index is 12.3. The number of pyridine rings is 1. The number of rotatable bonds is 5. The van der Waals surface area contributed by atoms with Gasteiger partial charge in [0.05, 0.1) is 13.2 Å². The summed E-state index contributed by atoms with van der Waals surface area (Å²) >= 11 is 0. The molecule has 25 heavy (non-hydrogen) atoms. The summed E-state index contributed by atoms with van der Waals surface area (Å²) in [6, 6.07) is 9.68. The van der Waals surface area contributed by atoms with E-state index in [0.29, 0.717) is 6.54 Å². The second-order valence-corrected chi connectivity index (χ2v) is 6.33. The van der Waals surface area contributed by atoms with E-state index in [1.54, 1.807) is 13.3 Å². The van der Waals surface area contributed by atoms with Gasteiger partial charge in [-0.3, -0.25) is 0 Å². The molecular weight excluding hydrogens is 316 g/mol. The molecule has 1 aliphatic rings. The number of fused-ring (bicyclic) bond motifs is 1. The fourth-order valence-corrected chi connectivity index (χ4v) is 3.32. The first-order valence-electron chi connectivity index (χ1n) is 8.41. The summed E-state index contributed by atoms with van der Waals surface area (Å²) in [4.78, 5) is 18.6. The normalized spacial score (nSPS) is 15.4. The van der Waals surface area contributed by atoms with Gasteiger partial charge in [0.1, 0.15) is 11.6 Å². The number of urea groups is 1. The van der Waals surface area contributed by atoms with Crippen molar-refractivity contribution in [3.05, 3.63) is 53.2 Å². The molecule has 0 fully saturated rings. The molecule has 132 valence electrons. The smallest absolute Gasteiger partial charge is 0.315 e. The van der Waals surface area contributed by atoms with Crippen LogP contribution in [0.5, 0.6) is 5.75 Å². The number of ether oxygens (including phenoxy) is 1. The summed E-state index contributed by atoms with van der Waals surface area (Å²) in [7, 11) is 5.56. The van der Waals surface area contributed by atoms with Crippen LogP contribution >= 0.6 is 0 Å². The van der Waals surface area contributed by atoms with E-state index in [1.807, 2.05) is 43.3 Å². The number of anilines is 1. The van der Waals surface area contributed by atoms with E-state index in [2.05, 4.69) is 21.7 Å². The second kappa shape index (κ2) is 7.42. The van der Waals surface area contributed by atoms with Crippen molar-refractivity contribution in [1.29, 1.82) is 0 Å². The fourth-order valence-electron chi connectivity index (χ4n) is 3.32. The molecule has 0 aliphatic heterocycles. The van der Waals surface area contributed by atoms with Crippen LogP contribution in [0.2, 0.25) is 0 Å². The first-order valence-corrected chi connectivity index (χ1v) is 8.41. The van der Waals surface area contributed by atoms with Gasteiger partial charge in [0.25, 0.3) is 0 Å². The molecule has 6 heteroatoms. The Bertz CT molecular complexity index is 761. The summed E-state index contributed by atoms with van der Waals surface area (Å²) < 4.78 is 5.41. The Hall–Kier alpha value is -2.76. The predicted octanol–water partition coefficient (Wildman–Crippen LogP) is 2.64. The average Bonchev–Trinajstić information content (AvgIpc) is 3.03. The largest absolute Gasteiger partial charge is 0.496 e. The summed E-state index contributed by atoms with van der Waals surface area (Å²) in [5, 5.41) is 6.00. The molecule has 0 bridgehead atoms. The van der Waals surface area contributed by atoms with E-state index < -0.39 is 0 Å². The van der Waals surface area contributed by atoms with Gasteiger partial charge in [0, 0.05) is 32.4 Å². The molecule has 0 saturated heterocycles. The summed E-state index contributed by atoms with van der Waals surface area (Å²) in [5.74, 6) is 1.76. The number of aromatic nitrogens is 1. The summed E-state index contributed by atoms with van der Waals surface area (Å²) in [6.45, 7) is 0.435. The minimum atomic E-state index is -0.172. The monoisotopic (exact) mass is 340 g/mol. The number of carbonyl (C=O) groups excluding carboxylic acids is 1. The van der Waals surface area contributed by atoms with Gasteiger partial charge in [0.15, 0.2) is 0 Å². The Labute approximate surface area is 148 Å². The van der Waals surface area contributed by atoms with Crippen LogP contribution in [-0.4, -0.2) is 32.2 Å². The molecule has 1 aromatic carbocycles. The predicted molar refractivity (Wildman–Crippen MR) is 98.0 cm³/mol. The van der Waals surface area contributed by atoms with Crippen molar-refractivity contribution >= 4 is 11.8 Å². The van der Waals surface area contributed by atoms with Gasteiger partial charge in [0.2, 0.25) is 0 Å². The topological polar surface area (TPSA) is 66.5 Å². The number of hydrogen-bond acceptors (Lipinski definition) is 4. The number of nitrogens with one attached hydrogen (secondary N) is 2. The number of amides is 2. The lowest BCUT2D eigenvalue weighted by molar-refractivity contribution is 0.236. The third-order valence-corrected chi connectivity index (χ3v) is 4.48. The van der Waals surface area contributed by atoms with Gasteiger partial charge in [-0.25, -0.2) is 9.78 Å². The van der Waals surface area contributed by atoms with E-state index >= 15 is 0 Å². The minimum absolute atomic E-state index is 0.0207. The molecule has 2 aromatic rings. The quantitative estimate of drug-likeness (QED) is 0.878. The zero-order valence-electron chi connectivity index (χ0n) is 14.9. The highest BCUT2D eigenvalue weighted by Crippen LogP contribution is 2.36. The van der Waals surface area contributed by atoms with Crippen molar-refractivity contribution in [2.75, 3.05) is 26.1 Å². The van der Waals surface area contributed by atoms with Crippen LogP contribution in [0.15, 0.2) is 36.5 Å². The van der Waals surface area contributed by atoms with Crippen LogP contribution in [0.4, 0.5) is 10.6 Å². The molecule has 1 aromatic heterocycles. The van der Waals surface area contributed by atoms with Crippen molar-refractivity contribution in [2.24, 2.45) is 0 Å². The highest BCUT2D eigenvalue weighted by molar-refractivity contribution is 5.75. The van der Waals surface area contributed by atoms with Crippen LogP contribution in [-0.2, 0) is 13.0 Å². The molecule has 1 unspecified atom stereocenters. The van der Waals surface area contributed by atoms with Gasteiger partial charge >= 0.3 is 6.03 Å². The van der Waals surface area contributed by atoms with Gasteiger partial charge in [-0.1, -0.05) is 18.2 Å². The highest BCUT2D eigenvalue weighted by atomic mass is 16.5. The lowest BCUT2D eigenvalue weighted by Crippen LogP contribution is -2.37. The zero-order chi connectivity index (χ0) is 17.8. The number of carbonyl (C=O) groups is 1. The van der Waals surface area contributed by atoms with E-state index in [9.17, 15) is 4.79 Å². The van der Waals surface area contributed by atoms with Crippen molar-refractivity contribution in [3.63, 3.8) is 0 Å². The Morgan fingerprint density at radius 3 is 2.92 bits per heavy atom. The molecule has 1 heterocycles. The van der Waals surface area contributed by atoms with Crippen LogP contribution in [0.25, 0.3) is 0 Å². The molecule has 3 rings (SSSR count). The molecule has 1 aliphatic carbocycles. The van der Waals surface area contributed by atoms with Crippen LogP contribution in [0.3, 0.4) is 0 Å². The third kappa shape index (κ3) is 3.68. The fraction of sp³-hybridized carbons (Fsp3) is 0.368. The second-order valence-electron chi connectivity index (χ2n) is 6.33. The minimum Gasteiger partial charge on any atom is -0.496 e. The SMILES string of the molecule is COc1cccc2c1CCC2NC(=O)NCc1cccnc1N(C)C. The zero-order valence-corrected chi connectivity index (χ0v) is 14.9. The van der Waals surface area contributed by atoms with Gasteiger partial charge in [-0.15, -0.1) is 0 Å². The lowest BCUT2D eigenvalue weighted by Gasteiger charge is -2.18. The van der Waals surface area contributed by atoms with E-state index in [0.717, 1.165) is 35.5 Å². The Balaban J connectivity index is 1.62. The molecular formula is C19H24N4O2. The number of methoxy groups -OCH3 is 1. The molecule has 2 N–H and O–H groups in total. The molecule has 1 atom stereocenters.